The average molecular weight is 285 g/mol. The zero-order valence-corrected chi connectivity index (χ0v) is 11.7. The molecule has 2 aromatic rings. The van der Waals surface area contributed by atoms with Gasteiger partial charge in [0, 0.05) is 11.8 Å². The average Bonchev–Trinajstić information content (AvgIpc) is 2.54. The van der Waals surface area contributed by atoms with E-state index in [0.717, 1.165) is 5.56 Å². The van der Waals surface area contributed by atoms with Gasteiger partial charge < -0.3 is 20.1 Å². The fraction of sp³-hybridized carbons (Fsp3) is 0.200. The van der Waals surface area contributed by atoms with Crippen LogP contribution < -0.4 is 20.1 Å². The van der Waals surface area contributed by atoms with Crippen molar-refractivity contribution >= 4 is 11.7 Å². The number of hydrogen-bond donors (Lipinski definition) is 2. The molecule has 0 fully saturated rings. The second kappa shape index (κ2) is 5.32. The number of amides is 1. The van der Waals surface area contributed by atoms with Crippen LogP contribution in [0, 0.1) is 0 Å². The highest BCUT2D eigenvalue weighted by molar-refractivity contribution is 6.00. The van der Waals surface area contributed by atoms with Gasteiger partial charge >= 0.3 is 0 Å². The molecule has 1 aliphatic heterocycles. The molecule has 0 saturated carbocycles. The molecule has 2 N–H and O–H groups in total. The second-order valence-electron chi connectivity index (χ2n) is 4.53. The van der Waals surface area contributed by atoms with Gasteiger partial charge in [0.1, 0.15) is 12.0 Å². The number of pyridine rings is 1. The molecule has 1 aromatic carbocycles. The van der Waals surface area contributed by atoms with Gasteiger partial charge in [-0.1, -0.05) is 12.1 Å². The number of anilines is 1. The molecular weight excluding hydrogens is 270 g/mol. The van der Waals surface area contributed by atoms with Gasteiger partial charge in [-0.3, -0.25) is 4.79 Å². The highest BCUT2D eigenvalue weighted by Crippen LogP contribution is 2.36. The summed E-state index contributed by atoms with van der Waals surface area (Å²) >= 11 is 0. The van der Waals surface area contributed by atoms with E-state index in [2.05, 4.69) is 15.6 Å². The number of methoxy groups -OCH3 is 2. The van der Waals surface area contributed by atoms with Crippen molar-refractivity contribution in [3.05, 3.63) is 47.7 Å². The number of carbonyl (C=O) groups is 1. The number of rotatable bonds is 3. The molecule has 21 heavy (non-hydrogen) atoms. The van der Waals surface area contributed by atoms with Gasteiger partial charge in [0.05, 0.1) is 19.8 Å². The minimum Gasteiger partial charge on any atom is -0.493 e. The maximum atomic E-state index is 12.2. The summed E-state index contributed by atoms with van der Waals surface area (Å²) in [4.78, 5) is 16.4. The monoisotopic (exact) mass is 285 g/mol. The molecule has 6 nitrogen and oxygen atoms in total. The van der Waals surface area contributed by atoms with E-state index in [4.69, 9.17) is 9.47 Å². The molecular formula is C15H15N3O3. The Balaban J connectivity index is 2.02. The van der Waals surface area contributed by atoms with E-state index in [1.807, 2.05) is 12.1 Å². The number of ether oxygens (including phenoxy) is 2. The third kappa shape index (κ3) is 2.24. The van der Waals surface area contributed by atoms with Crippen LogP contribution in [-0.4, -0.2) is 25.1 Å². The molecule has 1 aliphatic rings. The van der Waals surface area contributed by atoms with Crippen LogP contribution in [0.15, 0.2) is 36.5 Å². The molecule has 0 radical (unpaired) electrons. The largest absolute Gasteiger partial charge is 0.493 e. The fourth-order valence-corrected chi connectivity index (χ4v) is 2.38. The third-order valence-electron chi connectivity index (χ3n) is 3.35. The van der Waals surface area contributed by atoms with Gasteiger partial charge in [-0.25, -0.2) is 4.98 Å². The molecule has 1 amide bonds. The maximum absolute atomic E-state index is 12.2. The summed E-state index contributed by atoms with van der Waals surface area (Å²) in [6, 6.07) is 8.97. The lowest BCUT2D eigenvalue weighted by Gasteiger charge is -2.28. The molecule has 3 rings (SSSR count). The smallest absolute Gasteiger partial charge is 0.256 e. The number of para-hydroxylation sites is 1. The van der Waals surface area contributed by atoms with E-state index >= 15 is 0 Å². The Morgan fingerprint density at radius 1 is 1.10 bits per heavy atom. The normalized spacial score (nSPS) is 16.5. The Morgan fingerprint density at radius 3 is 2.71 bits per heavy atom. The lowest BCUT2D eigenvalue weighted by Crippen LogP contribution is -2.39. The Kier molecular flexibility index (Phi) is 3.35. The summed E-state index contributed by atoms with van der Waals surface area (Å²) in [6.45, 7) is 0. The second-order valence-corrected chi connectivity index (χ2v) is 4.53. The summed E-state index contributed by atoms with van der Waals surface area (Å²) in [7, 11) is 3.14. The fourth-order valence-electron chi connectivity index (χ4n) is 2.38. The summed E-state index contributed by atoms with van der Waals surface area (Å²) in [5.41, 5.74) is 1.30. The van der Waals surface area contributed by atoms with Crippen molar-refractivity contribution in [2.75, 3.05) is 19.5 Å². The minimum atomic E-state index is -0.426. The molecule has 1 atom stereocenters. The molecule has 6 heteroatoms. The van der Waals surface area contributed by atoms with Crippen LogP contribution in [0.25, 0.3) is 0 Å². The van der Waals surface area contributed by atoms with Crippen molar-refractivity contribution in [2.45, 2.75) is 6.17 Å². The number of nitrogens with zero attached hydrogens (tertiary/aromatic N) is 1. The van der Waals surface area contributed by atoms with Crippen molar-refractivity contribution in [1.82, 2.24) is 10.3 Å². The van der Waals surface area contributed by atoms with Crippen LogP contribution in [0.4, 0.5) is 5.82 Å². The molecule has 108 valence electrons. The first-order valence-electron chi connectivity index (χ1n) is 6.48. The van der Waals surface area contributed by atoms with Gasteiger partial charge in [0.25, 0.3) is 5.91 Å². The molecule has 0 spiro atoms. The number of nitrogens with one attached hydrogen (secondary N) is 2. The predicted octanol–water partition coefficient (Wildman–Crippen LogP) is 1.95. The quantitative estimate of drug-likeness (QED) is 0.902. The van der Waals surface area contributed by atoms with Crippen LogP contribution in [0.1, 0.15) is 22.1 Å². The van der Waals surface area contributed by atoms with Crippen LogP contribution in [0.2, 0.25) is 0 Å². The van der Waals surface area contributed by atoms with Crippen LogP contribution in [0.3, 0.4) is 0 Å². The number of hydrogen-bond acceptors (Lipinski definition) is 5. The van der Waals surface area contributed by atoms with E-state index < -0.39 is 6.17 Å². The van der Waals surface area contributed by atoms with Gasteiger partial charge in [-0.2, -0.15) is 0 Å². The van der Waals surface area contributed by atoms with E-state index in [1.165, 1.54) is 0 Å². The summed E-state index contributed by atoms with van der Waals surface area (Å²) in [6.07, 6.45) is 1.22. The Hall–Kier alpha value is -2.76. The molecule has 0 saturated heterocycles. The minimum absolute atomic E-state index is 0.174. The highest BCUT2D eigenvalue weighted by Gasteiger charge is 2.28. The van der Waals surface area contributed by atoms with Crippen molar-refractivity contribution in [2.24, 2.45) is 0 Å². The predicted molar refractivity (Wildman–Crippen MR) is 77.6 cm³/mol. The van der Waals surface area contributed by atoms with Crippen molar-refractivity contribution in [3.63, 3.8) is 0 Å². The van der Waals surface area contributed by atoms with Gasteiger partial charge in [0.2, 0.25) is 0 Å². The van der Waals surface area contributed by atoms with E-state index in [0.29, 0.717) is 22.9 Å². The van der Waals surface area contributed by atoms with Crippen molar-refractivity contribution in [3.8, 4) is 11.5 Å². The van der Waals surface area contributed by atoms with Gasteiger partial charge in [0.15, 0.2) is 11.5 Å². The Bertz CT molecular complexity index is 688. The van der Waals surface area contributed by atoms with Gasteiger partial charge in [-0.05, 0) is 18.2 Å². The molecule has 0 aliphatic carbocycles. The van der Waals surface area contributed by atoms with E-state index in [-0.39, 0.29) is 5.91 Å². The molecule has 0 unspecified atom stereocenters. The molecule has 0 bridgehead atoms. The first-order chi connectivity index (χ1) is 10.2. The first kappa shape index (κ1) is 13.2. The lowest BCUT2D eigenvalue weighted by molar-refractivity contribution is 0.0934. The lowest BCUT2D eigenvalue weighted by atomic mass is 10.1. The standard InChI is InChI=1S/C15H15N3O3/c1-20-11-7-3-5-9(12(11)21-2)14-17-13-10(15(19)18-14)6-4-8-16-13/h3-8,14H,1-2H3,(H,16,17)(H,18,19)/t14-/m0/s1. The number of fused-ring (bicyclic) bond motifs is 1. The first-order valence-corrected chi connectivity index (χ1v) is 6.48. The maximum Gasteiger partial charge on any atom is 0.256 e. The van der Waals surface area contributed by atoms with Crippen molar-refractivity contribution < 1.29 is 14.3 Å². The van der Waals surface area contributed by atoms with Crippen molar-refractivity contribution in [1.29, 1.82) is 0 Å². The Labute approximate surface area is 122 Å². The van der Waals surface area contributed by atoms with E-state index in [9.17, 15) is 4.79 Å². The third-order valence-corrected chi connectivity index (χ3v) is 3.35. The highest BCUT2D eigenvalue weighted by atomic mass is 16.5. The topological polar surface area (TPSA) is 72.5 Å². The Morgan fingerprint density at radius 2 is 1.95 bits per heavy atom. The zero-order valence-electron chi connectivity index (χ0n) is 11.7. The van der Waals surface area contributed by atoms with Crippen LogP contribution in [0.5, 0.6) is 11.5 Å². The summed E-state index contributed by atoms with van der Waals surface area (Å²) in [5.74, 6) is 1.57. The van der Waals surface area contributed by atoms with Gasteiger partial charge in [-0.15, -0.1) is 0 Å². The van der Waals surface area contributed by atoms with Crippen LogP contribution in [-0.2, 0) is 0 Å². The zero-order chi connectivity index (χ0) is 14.8. The molecule has 2 heterocycles. The summed E-state index contributed by atoms with van der Waals surface area (Å²) in [5, 5.41) is 6.08. The SMILES string of the molecule is COc1cccc([C@@H]2NC(=O)c3cccnc3N2)c1OC. The van der Waals surface area contributed by atoms with E-state index in [1.54, 1.807) is 38.6 Å². The summed E-state index contributed by atoms with van der Waals surface area (Å²) < 4.78 is 10.7. The number of carbonyl (C=O) groups excluding carboxylic acids is 1. The van der Waals surface area contributed by atoms with Crippen LogP contribution >= 0.6 is 0 Å². The number of aromatic nitrogens is 1. The number of benzene rings is 1. The molecule has 1 aromatic heterocycles.